The van der Waals surface area contributed by atoms with Crippen LogP contribution in [0.5, 0.6) is 11.5 Å². The summed E-state index contributed by atoms with van der Waals surface area (Å²) >= 11 is 0. The minimum absolute atomic E-state index is 0.158. The van der Waals surface area contributed by atoms with Crippen molar-refractivity contribution in [2.45, 2.75) is 0 Å². The number of aromatic hydroxyl groups is 2. The van der Waals surface area contributed by atoms with E-state index in [1.807, 2.05) is 84.9 Å². The monoisotopic (exact) mass is 510 g/mol. The van der Waals surface area contributed by atoms with Gasteiger partial charge in [-0.2, -0.15) is 0 Å². The van der Waals surface area contributed by atoms with Crippen molar-refractivity contribution >= 4 is 0 Å². The third-order valence-electron chi connectivity index (χ3n) is 5.89. The molecule has 0 unspecified atom stereocenters. The average Bonchev–Trinajstić information content (AvgIpc) is 2.99. The second-order valence-corrected chi connectivity index (χ2v) is 8.70. The van der Waals surface area contributed by atoms with Crippen LogP contribution in [0.15, 0.2) is 121 Å². The number of hydrogen-bond donors (Lipinski definition) is 2. The van der Waals surface area contributed by atoms with E-state index in [1.54, 1.807) is 36.4 Å². The molecule has 186 valence electrons. The van der Waals surface area contributed by atoms with Gasteiger partial charge in [-0.05, 0) is 72.8 Å². The van der Waals surface area contributed by atoms with Crippen molar-refractivity contribution in [3.63, 3.8) is 0 Å². The summed E-state index contributed by atoms with van der Waals surface area (Å²) in [6, 6.07) is 37.2. The number of phenolic OH excluding ortho intramolecular Hbond substituents is 2. The summed E-state index contributed by atoms with van der Waals surface area (Å²) < 4.78 is 0. The zero-order chi connectivity index (χ0) is 27.6. The fraction of sp³-hybridized carbons (Fsp3) is 0. The highest BCUT2D eigenvalue weighted by atomic mass is 16.3. The molecule has 0 saturated carbocycles. The van der Waals surface area contributed by atoms with Gasteiger partial charge in [-0.25, -0.2) is 0 Å². The van der Waals surface area contributed by atoms with Gasteiger partial charge in [-0.3, -0.25) is 0 Å². The van der Waals surface area contributed by atoms with Crippen LogP contribution in [0.2, 0.25) is 0 Å². The molecular formula is C38H22O2. The molecule has 5 aromatic rings. The number of benzene rings is 5. The molecule has 0 aliphatic carbocycles. The summed E-state index contributed by atoms with van der Waals surface area (Å²) in [5.74, 6) is 25.4. The van der Waals surface area contributed by atoms with E-state index in [1.165, 1.54) is 0 Å². The second kappa shape index (κ2) is 12.5. The van der Waals surface area contributed by atoms with Crippen LogP contribution >= 0.6 is 0 Å². The highest BCUT2D eigenvalue weighted by molar-refractivity contribution is 5.58. The van der Waals surface area contributed by atoms with Crippen LogP contribution in [0.3, 0.4) is 0 Å². The first-order valence-corrected chi connectivity index (χ1v) is 12.6. The molecular weight excluding hydrogens is 488 g/mol. The average molecular weight is 511 g/mol. The Hall–Kier alpha value is -6.06. The fourth-order valence-corrected chi connectivity index (χ4v) is 3.75. The Kier molecular flexibility index (Phi) is 7.97. The maximum Gasteiger partial charge on any atom is 0.131 e. The lowest BCUT2D eigenvalue weighted by Gasteiger charge is -1.98. The predicted molar refractivity (Wildman–Crippen MR) is 159 cm³/mol. The minimum atomic E-state index is 0.158. The number of rotatable bonds is 0. The van der Waals surface area contributed by atoms with E-state index in [9.17, 15) is 10.2 Å². The normalized spacial score (nSPS) is 9.40. The SMILES string of the molecule is Oc1ccccc1C#Cc1ccccc1C#Cc1ccc(C#Cc2ccccc2C#Cc2ccccc2O)cc1. The van der Waals surface area contributed by atoms with Gasteiger partial charge >= 0.3 is 0 Å². The van der Waals surface area contributed by atoms with E-state index in [0.717, 1.165) is 33.4 Å². The van der Waals surface area contributed by atoms with Gasteiger partial charge in [-0.1, -0.05) is 95.9 Å². The molecule has 5 rings (SSSR count). The Morgan fingerprint density at radius 2 is 0.525 bits per heavy atom. The Balaban J connectivity index is 1.33. The van der Waals surface area contributed by atoms with E-state index >= 15 is 0 Å². The van der Waals surface area contributed by atoms with Crippen LogP contribution in [0.4, 0.5) is 0 Å². The largest absolute Gasteiger partial charge is 0.507 e. The summed E-state index contributed by atoms with van der Waals surface area (Å²) in [5, 5.41) is 19.9. The number of hydrogen-bond acceptors (Lipinski definition) is 2. The quantitative estimate of drug-likeness (QED) is 0.228. The molecule has 0 amide bonds. The van der Waals surface area contributed by atoms with Crippen molar-refractivity contribution in [1.29, 1.82) is 0 Å². The standard InChI is InChI=1S/C38H22O2/c39-37-15-7-5-13-35(37)27-25-33-11-3-1-9-31(33)23-21-29-17-19-30(20-18-29)22-24-32-10-2-4-12-34(32)26-28-36-14-6-8-16-38(36)40/h1-20,39-40H. The first-order valence-electron chi connectivity index (χ1n) is 12.6. The van der Waals surface area contributed by atoms with E-state index in [-0.39, 0.29) is 11.5 Å². The van der Waals surface area contributed by atoms with Gasteiger partial charge in [0, 0.05) is 33.4 Å². The summed E-state index contributed by atoms with van der Waals surface area (Å²) in [5.41, 5.74) is 6.10. The lowest BCUT2D eigenvalue weighted by Crippen LogP contribution is -1.85. The van der Waals surface area contributed by atoms with Gasteiger partial charge in [0.05, 0.1) is 11.1 Å². The first-order chi connectivity index (χ1) is 19.7. The highest BCUT2D eigenvalue weighted by Gasteiger charge is 1.99. The van der Waals surface area contributed by atoms with Gasteiger partial charge in [0.1, 0.15) is 11.5 Å². The molecule has 0 aliphatic heterocycles. The van der Waals surface area contributed by atoms with Gasteiger partial charge < -0.3 is 10.2 Å². The summed E-state index contributed by atoms with van der Waals surface area (Å²) in [6.07, 6.45) is 0. The highest BCUT2D eigenvalue weighted by Crippen LogP contribution is 2.16. The molecule has 2 N–H and O–H groups in total. The molecule has 0 aromatic heterocycles. The van der Waals surface area contributed by atoms with Crippen molar-refractivity contribution in [3.05, 3.63) is 166 Å². The van der Waals surface area contributed by atoms with Crippen LogP contribution in [0, 0.1) is 47.4 Å². The van der Waals surface area contributed by atoms with Crippen LogP contribution in [-0.4, -0.2) is 10.2 Å². The van der Waals surface area contributed by atoms with E-state index < -0.39 is 0 Å². The van der Waals surface area contributed by atoms with Crippen LogP contribution in [0.25, 0.3) is 0 Å². The summed E-state index contributed by atoms with van der Waals surface area (Å²) in [4.78, 5) is 0. The molecule has 5 aromatic carbocycles. The van der Waals surface area contributed by atoms with Crippen molar-refractivity contribution in [2.24, 2.45) is 0 Å². The molecule has 2 heteroatoms. The molecule has 2 nitrogen and oxygen atoms in total. The summed E-state index contributed by atoms with van der Waals surface area (Å²) in [6.45, 7) is 0. The third kappa shape index (κ3) is 6.62. The molecule has 0 radical (unpaired) electrons. The predicted octanol–water partition coefficient (Wildman–Crippen LogP) is 6.70. The van der Waals surface area contributed by atoms with Crippen LogP contribution in [0.1, 0.15) is 44.5 Å². The van der Waals surface area contributed by atoms with Crippen molar-refractivity contribution in [1.82, 2.24) is 0 Å². The topological polar surface area (TPSA) is 40.5 Å². The molecule has 0 heterocycles. The Bertz CT molecular complexity index is 1790. The maximum atomic E-state index is 9.97. The van der Waals surface area contributed by atoms with Crippen LogP contribution in [-0.2, 0) is 0 Å². The zero-order valence-electron chi connectivity index (χ0n) is 21.4. The molecule has 0 bridgehead atoms. The first kappa shape index (κ1) is 25.6. The molecule has 0 fully saturated rings. The lowest BCUT2D eigenvalue weighted by atomic mass is 10.1. The van der Waals surface area contributed by atoms with Crippen LogP contribution < -0.4 is 0 Å². The minimum Gasteiger partial charge on any atom is -0.507 e. The van der Waals surface area contributed by atoms with Gasteiger partial charge in [0.2, 0.25) is 0 Å². The Morgan fingerprint density at radius 1 is 0.275 bits per heavy atom. The summed E-state index contributed by atoms with van der Waals surface area (Å²) in [7, 11) is 0. The number of para-hydroxylation sites is 2. The fourth-order valence-electron chi connectivity index (χ4n) is 3.75. The maximum absolute atomic E-state index is 9.97. The number of phenols is 2. The molecule has 40 heavy (non-hydrogen) atoms. The Labute approximate surface area is 234 Å². The van der Waals surface area contributed by atoms with Gasteiger partial charge in [0.15, 0.2) is 0 Å². The van der Waals surface area contributed by atoms with Gasteiger partial charge in [-0.15, -0.1) is 0 Å². The van der Waals surface area contributed by atoms with Crippen molar-refractivity contribution in [2.75, 3.05) is 0 Å². The molecule has 0 spiro atoms. The smallest absolute Gasteiger partial charge is 0.131 e. The zero-order valence-corrected chi connectivity index (χ0v) is 21.4. The molecule has 0 saturated heterocycles. The van der Waals surface area contributed by atoms with E-state index in [0.29, 0.717) is 11.1 Å². The van der Waals surface area contributed by atoms with Crippen molar-refractivity contribution in [3.8, 4) is 58.9 Å². The lowest BCUT2D eigenvalue weighted by molar-refractivity contribution is 0.473. The second-order valence-electron chi connectivity index (χ2n) is 8.70. The molecule has 0 aliphatic rings. The molecule has 0 atom stereocenters. The Morgan fingerprint density at radius 3 is 0.850 bits per heavy atom. The third-order valence-corrected chi connectivity index (χ3v) is 5.89. The van der Waals surface area contributed by atoms with E-state index in [2.05, 4.69) is 47.4 Å². The van der Waals surface area contributed by atoms with Gasteiger partial charge in [0.25, 0.3) is 0 Å². The van der Waals surface area contributed by atoms with E-state index in [4.69, 9.17) is 0 Å². The van der Waals surface area contributed by atoms with Crippen molar-refractivity contribution < 1.29 is 10.2 Å².